The molecule has 98 valence electrons. The lowest BCUT2D eigenvalue weighted by atomic mass is 10.1. The van der Waals surface area contributed by atoms with Crippen LogP contribution in [0.1, 0.15) is 11.1 Å². The second kappa shape index (κ2) is 5.44. The molecule has 0 aromatic heterocycles. The van der Waals surface area contributed by atoms with Gasteiger partial charge in [-0.25, -0.2) is 0 Å². The highest BCUT2D eigenvalue weighted by atomic mass is 16.3. The Bertz CT molecular complexity index is 592. The van der Waals surface area contributed by atoms with E-state index in [-0.39, 0.29) is 18.1 Å². The summed E-state index contributed by atoms with van der Waals surface area (Å²) < 4.78 is 0. The number of rotatable bonds is 3. The van der Waals surface area contributed by atoms with Crippen LogP contribution >= 0.6 is 0 Å². The van der Waals surface area contributed by atoms with Crippen molar-refractivity contribution in [2.24, 2.45) is 0 Å². The smallest absolute Gasteiger partial charge is 0.228 e. The van der Waals surface area contributed by atoms with E-state index in [1.165, 1.54) is 12.1 Å². The predicted molar refractivity (Wildman–Crippen MR) is 76.0 cm³/mol. The molecule has 0 atom stereocenters. The van der Waals surface area contributed by atoms with Crippen LogP contribution in [0, 0.1) is 6.92 Å². The van der Waals surface area contributed by atoms with Gasteiger partial charge in [-0.2, -0.15) is 0 Å². The lowest BCUT2D eigenvalue weighted by molar-refractivity contribution is -0.115. The van der Waals surface area contributed by atoms with Crippen LogP contribution in [0.3, 0.4) is 0 Å². The Labute approximate surface area is 111 Å². The second-order valence-corrected chi connectivity index (χ2v) is 4.47. The molecule has 4 N–H and O–H groups in total. The maximum absolute atomic E-state index is 11.9. The molecule has 0 aliphatic heterocycles. The fourth-order valence-corrected chi connectivity index (χ4v) is 1.76. The number of nitrogens with one attached hydrogen (secondary N) is 1. The van der Waals surface area contributed by atoms with Gasteiger partial charge >= 0.3 is 0 Å². The van der Waals surface area contributed by atoms with E-state index in [0.717, 1.165) is 11.3 Å². The number of carbonyl (C=O) groups excluding carboxylic acids is 1. The highest BCUT2D eigenvalue weighted by Gasteiger charge is 2.07. The van der Waals surface area contributed by atoms with Crippen LogP contribution in [0.25, 0.3) is 0 Å². The zero-order valence-electron chi connectivity index (χ0n) is 10.7. The molecule has 0 aliphatic carbocycles. The van der Waals surface area contributed by atoms with E-state index < -0.39 is 0 Å². The number of benzene rings is 2. The lowest BCUT2D eigenvalue weighted by Gasteiger charge is -2.08. The molecule has 0 spiro atoms. The van der Waals surface area contributed by atoms with Gasteiger partial charge < -0.3 is 16.2 Å². The lowest BCUT2D eigenvalue weighted by Crippen LogP contribution is -2.15. The first-order valence-electron chi connectivity index (χ1n) is 5.98. The summed E-state index contributed by atoms with van der Waals surface area (Å²) in [5.41, 5.74) is 8.75. The number of carbonyl (C=O) groups is 1. The summed E-state index contributed by atoms with van der Waals surface area (Å²) >= 11 is 0. The number of hydrogen-bond donors (Lipinski definition) is 3. The van der Waals surface area contributed by atoms with Gasteiger partial charge in [-0.05, 0) is 42.8 Å². The number of aryl methyl sites for hydroxylation is 1. The van der Waals surface area contributed by atoms with Crippen LogP contribution < -0.4 is 11.1 Å². The van der Waals surface area contributed by atoms with E-state index in [9.17, 15) is 9.90 Å². The van der Waals surface area contributed by atoms with Gasteiger partial charge in [0.25, 0.3) is 0 Å². The molecule has 1 amide bonds. The monoisotopic (exact) mass is 256 g/mol. The van der Waals surface area contributed by atoms with E-state index in [1.807, 2.05) is 31.2 Å². The van der Waals surface area contributed by atoms with Crippen LogP contribution in [-0.4, -0.2) is 11.0 Å². The number of anilines is 2. The first-order chi connectivity index (χ1) is 9.04. The second-order valence-electron chi connectivity index (χ2n) is 4.47. The number of nitrogen functional groups attached to an aromatic ring is 1. The number of phenolic OH excluding ortho intramolecular Hbond substituents is 1. The molecule has 0 bridgehead atoms. The van der Waals surface area contributed by atoms with Gasteiger partial charge in [0.2, 0.25) is 5.91 Å². The maximum atomic E-state index is 11.9. The molecule has 0 saturated heterocycles. The van der Waals surface area contributed by atoms with Crippen molar-refractivity contribution >= 4 is 17.3 Å². The Kier molecular flexibility index (Phi) is 3.71. The van der Waals surface area contributed by atoms with Crippen LogP contribution in [-0.2, 0) is 11.2 Å². The van der Waals surface area contributed by atoms with Crippen molar-refractivity contribution in [1.82, 2.24) is 0 Å². The molecule has 2 aromatic carbocycles. The van der Waals surface area contributed by atoms with Crippen LogP contribution in [0.2, 0.25) is 0 Å². The number of aromatic hydroxyl groups is 1. The summed E-state index contributed by atoms with van der Waals surface area (Å²) in [5, 5.41) is 12.2. The summed E-state index contributed by atoms with van der Waals surface area (Å²) in [6.45, 7) is 1.99. The van der Waals surface area contributed by atoms with Crippen molar-refractivity contribution in [3.63, 3.8) is 0 Å². The number of amides is 1. The minimum Gasteiger partial charge on any atom is -0.508 e. The third kappa shape index (κ3) is 3.48. The van der Waals surface area contributed by atoms with E-state index >= 15 is 0 Å². The van der Waals surface area contributed by atoms with Gasteiger partial charge in [-0.1, -0.05) is 17.7 Å². The molecule has 0 unspecified atom stereocenters. The van der Waals surface area contributed by atoms with Crippen LogP contribution in [0.4, 0.5) is 11.4 Å². The standard InChI is InChI=1S/C15H16N2O2/c1-10-2-4-12(5-3-10)17-15(19)9-11-8-13(18)6-7-14(11)16/h2-8,18H,9,16H2,1H3,(H,17,19). The summed E-state index contributed by atoms with van der Waals surface area (Å²) in [4.78, 5) is 11.9. The van der Waals surface area contributed by atoms with Gasteiger partial charge in [0, 0.05) is 11.4 Å². The number of hydrogen-bond acceptors (Lipinski definition) is 3. The zero-order chi connectivity index (χ0) is 13.8. The third-order valence-electron chi connectivity index (χ3n) is 2.81. The van der Waals surface area contributed by atoms with Crippen molar-refractivity contribution in [3.8, 4) is 5.75 Å². The Balaban J connectivity index is 2.05. The van der Waals surface area contributed by atoms with Crippen molar-refractivity contribution < 1.29 is 9.90 Å². The van der Waals surface area contributed by atoms with Crippen molar-refractivity contribution in [1.29, 1.82) is 0 Å². The molecular formula is C15H16N2O2. The van der Waals surface area contributed by atoms with Gasteiger partial charge in [0.1, 0.15) is 5.75 Å². The Morgan fingerprint density at radius 1 is 1.21 bits per heavy atom. The summed E-state index contributed by atoms with van der Waals surface area (Å²) in [7, 11) is 0. The molecule has 0 radical (unpaired) electrons. The average molecular weight is 256 g/mol. The Morgan fingerprint density at radius 3 is 2.58 bits per heavy atom. The topological polar surface area (TPSA) is 75.3 Å². The van der Waals surface area contributed by atoms with Crippen LogP contribution in [0.5, 0.6) is 5.75 Å². The van der Waals surface area contributed by atoms with Gasteiger partial charge in [0.15, 0.2) is 0 Å². The van der Waals surface area contributed by atoms with E-state index in [2.05, 4.69) is 5.32 Å². The minimum absolute atomic E-state index is 0.104. The van der Waals surface area contributed by atoms with Crippen molar-refractivity contribution in [2.75, 3.05) is 11.1 Å². The molecule has 4 nitrogen and oxygen atoms in total. The van der Waals surface area contributed by atoms with Crippen molar-refractivity contribution in [3.05, 3.63) is 53.6 Å². The fraction of sp³-hybridized carbons (Fsp3) is 0.133. The van der Waals surface area contributed by atoms with Crippen molar-refractivity contribution in [2.45, 2.75) is 13.3 Å². The van der Waals surface area contributed by atoms with E-state index in [4.69, 9.17) is 5.73 Å². The Morgan fingerprint density at radius 2 is 1.89 bits per heavy atom. The number of nitrogens with two attached hydrogens (primary N) is 1. The van der Waals surface area contributed by atoms with Gasteiger partial charge in [-0.15, -0.1) is 0 Å². The maximum Gasteiger partial charge on any atom is 0.228 e. The molecule has 0 aliphatic rings. The van der Waals surface area contributed by atoms with Gasteiger partial charge in [0.05, 0.1) is 6.42 Å². The largest absolute Gasteiger partial charge is 0.508 e. The third-order valence-corrected chi connectivity index (χ3v) is 2.81. The minimum atomic E-state index is -0.166. The highest BCUT2D eigenvalue weighted by Crippen LogP contribution is 2.19. The summed E-state index contributed by atoms with van der Waals surface area (Å²) in [6, 6.07) is 12.1. The molecule has 0 heterocycles. The fourth-order valence-electron chi connectivity index (χ4n) is 1.76. The first-order valence-corrected chi connectivity index (χ1v) is 5.98. The number of phenols is 1. The molecule has 2 rings (SSSR count). The summed E-state index contributed by atoms with van der Waals surface area (Å²) in [6.07, 6.45) is 0.133. The van der Waals surface area contributed by atoms with Crippen LogP contribution in [0.15, 0.2) is 42.5 Å². The Hall–Kier alpha value is -2.49. The molecular weight excluding hydrogens is 240 g/mol. The van der Waals surface area contributed by atoms with Gasteiger partial charge in [-0.3, -0.25) is 4.79 Å². The normalized spacial score (nSPS) is 10.2. The predicted octanol–water partition coefficient (Wildman–Crippen LogP) is 2.46. The molecule has 2 aromatic rings. The quantitative estimate of drug-likeness (QED) is 0.583. The molecule has 4 heteroatoms. The highest BCUT2D eigenvalue weighted by molar-refractivity contribution is 5.93. The van der Waals surface area contributed by atoms with E-state index in [0.29, 0.717) is 11.3 Å². The average Bonchev–Trinajstić information content (AvgIpc) is 2.37. The molecule has 19 heavy (non-hydrogen) atoms. The summed E-state index contributed by atoms with van der Waals surface area (Å²) in [5.74, 6) is -0.0616. The first kappa shape index (κ1) is 13.0. The van der Waals surface area contributed by atoms with E-state index in [1.54, 1.807) is 6.07 Å². The SMILES string of the molecule is Cc1ccc(NC(=O)Cc2cc(O)ccc2N)cc1. The molecule has 0 saturated carbocycles. The molecule has 0 fully saturated rings. The zero-order valence-corrected chi connectivity index (χ0v) is 10.7.